The molecule has 0 radical (unpaired) electrons. The van der Waals surface area contributed by atoms with Gasteiger partial charge in [0.25, 0.3) is 10.0 Å². The van der Waals surface area contributed by atoms with Gasteiger partial charge in [-0.3, -0.25) is 4.79 Å². The maximum absolute atomic E-state index is 12.3. The molecule has 1 N–H and O–H groups in total. The Balaban J connectivity index is 2.26. The van der Waals surface area contributed by atoms with Crippen molar-refractivity contribution in [1.82, 2.24) is 4.31 Å². The lowest BCUT2D eigenvalue weighted by Crippen LogP contribution is -2.29. The van der Waals surface area contributed by atoms with Gasteiger partial charge in [-0.05, 0) is 25.0 Å². The first kappa shape index (κ1) is 13.5. The summed E-state index contributed by atoms with van der Waals surface area (Å²) in [7, 11) is -3.53. The number of rotatable bonds is 3. The highest BCUT2D eigenvalue weighted by Gasteiger charge is 2.41. The van der Waals surface area contributed by atoms with E-state index in [1.165, 1.54) is 15.6 Å². The van der Waals surface area contributed by atoms with Crippen molar-refractivity contribution in [3.63, 3.8) is 0 Å². The highest BCUT2D eigenvalue weighted by molar-refractivity contribution is 7.91. The molecule has 5 nitrogen and oxygen atoms in total. The van der Waals surface area contributed by atoms with Crippen molar-refractivity contribution in [2.24, 2.45) is 11.8 Å². The van der Waals surface area contributed by atoms with Gasteiger partial charge in [0.05, 0.1) is 5.92 Å². The van der Waals surface area contributed by atoms with Crippen molar-refractivity contribution >= 4 is 27.3 Å². The first-order valence-corrected chi connectivity index (χ1v) is 7.87. The molecule has 2 heterocycles. The Hall–Kier alpha value is -0.920. The molecular weight excluding hydrogens is 274 g/mol. The van der Waals surface area contributed by atoms with Crippen LogP contribution in [0.2, 0.25) is 0 Å². The first-order valence-electron chi connectivity index (χ1n) is 5.62. The lowest BCUT2D eigenvalue weighted by atomic mass is 9.99. The molecule has 1 aromatic heterocycles. The maximum atomic E-state index is 12.3. The lowest BCUT2D eigenvalue weighted by molar-refractivity contribution is -0.142. The van der Waals surface area contributed by atoms with Gasteiger partial charge in [-0.25, -0.2) is 8.42 Å². The van der Waals surface area contributed by atoms with E-state index in [1.807, 2.05) is 6.92 Å². The standard InChI is InChI=1S/C11H15NO4S2/c1-7-5-12(6-9(7)11(13)14)18(15,16)10-4-3-8(2)17-10/h3-4,7,9H,5-6H2,1-2H3,(H,13,14)/t7-,9-/m1/s1. The quantitative estimate of drug-likeness (QED) is 0.912. The molecule has 1 aromatic rings. The normalized spacial score (nSPS) is 25.4. The fourth-order valence-corrected chi connectivity index (χ4v) is 5.12. The smallest absolute Gasteiger partial charge is 0.308 e. The van der Waals surface area contributed by atoms with E-state index in [2.05, 4.69) is 0 Å². The molecular formula is C11H15NO4S2. The number of sulfonamides is 1. The molecule has 0 amide bonds. The summed E-state index contributed by atoms with van der Waals surface area (Å²) < 4.78 is 26.2. The van der Waals surface area contributed by atoms with Crippen LogP contribution < -0.4 is 0 Å². The van der Waals surface area contributed by atoms with Crippen LogP contribution in [0, 0.1) is 18.8 Å². The Bertz CT molecular complexity index is 563. The highest BCUT2D eigenvalue weighted by atomic mass is 32.2. The second kappa shape index (κ2) is 4.64. The van der Waals surface area contributed by atoms with Crippen molar-refractivity contribution in [3.05, 3.63) is 17.0 Å². The van der Waals surface area contributed by atoms with Crippen molar-refractivity contribution in [3.8, 4) is 0 Å². The first-order chi connectivity index (χ1) is 8.32. The summed E-state index contributed by atoms with van der Waals surface area (Å²) in [6, 6.07) is 3.33. The summed E-state index contributed by atoms with van der Waals surface area (Å²) in [5, 5.41) is 9.02. The molecule has 0 saturated carbocycles. The van der Waals surface area contributed by atoms with Gasteiger partial charge in [0, 0.05) is 18.0 Å². The Morgan fingerprint density at radius 1 is 1.44 bits per heavy atom. The van der Waals surface area contributed by atoms with Crippen LogP contribution in [0.1, 0.15) is 11.8 Å². The number of carbonyl (C=O) groups is 1. The summed E-state index contributed by atoms with van der Waals surface area (Å²) >= 11 is 1.22. The average Bonchev–Trinajstić information content (AvgIpc) is 2.84. The van der Waals surface area contributed by atoms with Crippen molar-refractivity contribution in [2.45, 2.75) is 18.1 Å². The molecule has 7 heteroatoms. The van der Waals surface area contributed by atoms with Gasteiger partial charge in [-0.2, -0.15) is 4.31 Å². The van der Waals surface area contributed by atoms with E-state index in [0.29, 0.717) is 4.21 Å². The van der Waals surface area contributed by atoms with E-state index < -0.39 is 21.9 Å². The fourth-order valence-electron chi connectivity index (χ4n) is 2.12. The Labute approximate surface area is 110 Å². The predicted octanol–water partition coefficient (Wildman–Crippen LogP) is 1.40. The van der Waals surface area contributed by atoms with Crippen LogP contribution in [0.4, 0.5) is 0 Å². The van der Waals surface area contributed by atoms with Crippen molar-refractivity contribution in [2.75, 3.05) is 13.1 Å². The van der Waals surface area contributed by atoms with E-state index in [1.54, 1.807) is 19.1 Å². The zero-order chi connectivity index (χ0) is 13.5. The van der Waals surface area contributed by atoms with Gasteiger partial charge in [-0.15, -0.1) is 11.3 Å². The number of hydrogen-bond donors (Lipinski definition) is 1. The van der Waals surface area contributed by atoms with Crippen LogP contribution in [0.5, 0.6) is 0 Å². The zero-order valence-electron chi connectivity index (χ0n) is 10.2. The van der Waals surface area contributed by atoms with Crippen molar-refractivity contribution in [1.29, 1.82) is 0 Å². The molecule has 1 aliphatic rings. The van der Waals surface area contributed by atoms with Crippen LogP contribution in [0.15, 0.2) is 16.3 Å². The van der Waals surface area contributed by atoms with Crippen molar-refractivity contribution < 1.29 is 18.3 Å². The number of hydrogen-bond acceptors (Lipinski definition) is 4. The van der Waals surface area contributed by atoms with E-state index >= 15 is 0 Å². The molecule has 2 atom stereocenters. The minimum Gasteiger partial charge on any atom is -0.481 e. The van der Waals surface area contributed by atoms with Gasteiger partial charge >= 0.3 is 5.97 Å². The van der Waals surface area contributed by atoms with E-state index in [9.17, 15) is 13.2 Å². The van der Waals surface area contributed by atoms with Gasteiger partial charge in [-0.1, -0.05) is 6.92 Å². The summed E-state index contributed by atoms with van der Waals surface area (Å²) in [4.78, 5) is 11.9. The third-order valence-electron chi connectivity index (χ3n) is 3.21. The fraction of sp³-hybridized carbons (Fsp3) is 0.545. The predicted molar refractivity (Wildman–Crippen MR) is 68.1 cm³/mol. The topological polar surface area (TPSA) is 74.7 Å². The number of thiophene rings is 1. The zero-order valence-corrected chi connectivity index (χ0v) is 11.8. The monoisotopic (exact) mass is 289 g/mol. The maximum Gasteiger partial charge on any atom is 0.308 e. The summed E-state index contributed by atoms with van der Waals surface area (Å²) in [5.74, 6) is -1.69. The lowest BCUT2D eigenvalue weighted by Gasteiger charge is -2.14. The molecule has 0 aliphatic carbocycles. The van der Waals surface area contributed by atoms with Gasteiger partial charge in [0.1, 0.15) is 4.21 Å². The summed E-state index contributed by atoms with van der Waals surface area (Å²) in [6.07, 6.45) is 0. The molecule has 0 aromatic carbocycles. The molecule has 1 saturated heterocycles. The third-order valence-corrected chi connectivity index (χ3v) is 6.51. The number of aliphatic carboxylic acids is 1. The summed E-state index contributed by atoms with van der Waals surface area (Å²) in [6.45, 7) is 3.95. The van der Waals surface area contributed by atoms with Crippen LogP contribution in [-0.4, -0.2) is 36.9 Å². The van der Waals surface area contributed by atoms with Gasteiger partial charge < -0.3 is 5.11 Å². The Morgan fingerprint density at radius 3 is 2.56 bits per heavy atom. The molecule has 2 rings (SSSR count). The highest BCUT2D eigenvalue weighted by Crippen LogP contribution is 2.31. The second-order valence-electron chi connectivity index (χ2n) is 4.61. The Kier molecular flexibility index (Phi) is 3.48. The van der Waals surface area contributed by atoms with E-state index in [0.717, 1.165) is 4.88 Å². The average molecular weight is 289 g/mol. The number of carboxylic acid groups (broad SMARTS) is 1. The molecule has 100 valence electrons. The number of nitrogens with zero attached hydrogens (tertiary/aromatic N) is 1. The molecule has 0 bridgehead atoms. The van der Waals surface area contributed by atoms with Crippen LogP contribution in [0.25, 0.3) is 0 Å². The molecule has 0 spiro atoms. The second-order valence-corrected chi connectivity index (χ2v) is 8.06. The molecule has 18 heavy (non-hydrogen) atoms. The largest absolute Gasteiger partial charge is 0.481 e. The van der Waals surface area contributed by atoms with E-state index in [-0.39, 0.29) is 19.0 Å². The Morgan fingerprint density at radius 2 is 2.11 bits per heavy atom. The van der Waals surface area contributed by atoms with E-state index in [4.69, 9.17) is 5.11 Å². The molecule has 0 unspecified atom stereocenters. The van der Waals surface area contributed by atoms with Gasteiger partial charge in [0.2, 0.25) is 0 Å². The van der Waals surface area contributed by atoms with Gasteiger partial charge in [0.15, 0.2) is 0 Å². The minimum absolute atomic E-state index is 0.0653. The van der Waals surface area contributed by atoms with Crippen LogP contribution >= 0.6 is 11.3 Å². The van der Waals surface area contributed by atoms with Crippen LogP contribution in [-0.2, 0) is 14.8 Å². The SMILES string of the molecule is Cc1ccc(S(=O)(=O)N2C[C@@H](C)[C@H](C(=O)O)C2)s1. The van der Waals surface area contributed by atoms with Crippen LogP contribution in [0.3, 0.4) is 0 Å². The third kappa shape index (κ3) is 2.30. The minimum atomic E-state index is -3.53. The number of aryl methyl sites for hydroxylation is 1. The molecule has 1 fully saturated rings. The molecule has 1 aliphatic heterocycles. The summed E-state index contributed by atoms with van der Waals surface area (Å²) in [5.41, 5.74) is 0. The number of carboxylic acids is 1.